The summed E-state index contributed by atoms with van der Waals surface area (Å²) in [4.78, 5) is 0. The molecule has 23 valence electrons. The fourth-order valence-corrected chi connectivity index (χ4v) is 0. The van der Waals surface area contributed by atoms with Gasteiger partial charge in [0.2, 0.25) is 0 Å². The van der Waals surface area contributed by atoms with Gasteiger partial charge in [-0.05, 0) is 0 Å². The molecular formula is C3H4Mn. The molecule has 0 atom stereocenters. The Morgan fingerprint density at radius 1 is 1.75 bits per heavy atom. The second-order valence-electron chi connectivity index (χ2n) is 0.267. The molecular weight excluding hydrogens is 91.0 g/mol. The van der Waals surface area contributed by atoms with Crippen LogP contribution in [0.3, 0.4) is 0 Å². The average molecular weight is 95.0 g/mol. The van der Waals surface area contributed by atoms with Crippen molar-refractivity contribution >= 4 is 10.00 Å². The van der Waals surface area contributed by atoms with Crippen molar-refractivity contribution in [1.82, 2.24) is 0 Å². The van der Waals surface area contributed by atoms with Crippen LogP contribution in [0.25, 0.3) is 0 Å². The Morgan fingerprint density at radius 3 is 2.00 bits per heavy atom. The van der Waals surface area contributed by atoms with Crippen molar-refractivity contribution < 1.29 is 14.1 Å². The zero-order valence-electron chi connectivity index (χ0n) is 2.29. The van der Waals surface area contributed by atoms with E-state index in [4.69, 9.17) is 0 Å². The monoisotopic (exact) mass is 95.0 g/mol. The van der Waals surface area contributed by atoms with Crippen LogP contribution in [0.1, 0.15) is 0 Å². The summed E-state index contributed by atoms with van der Waals surface area (Å²) in [5.41, 5.74) is 3.46. The molecule has 0 saturated carbocycles. The van der Waals surface area contributed by atoms with Gasteiger partial charge >= 0.3 is 30.7 Å². The third-order valence-corrected chi connectivity index (χ3v) is 0.390. The van der Waals surface area contributed by atoms with Crippen LogP contribution >= 0.6 is 0 Å². The number of hydrogen-bond donors (Lipinski definition) is 0. The third-order valence-electron chi connectivity index (χ3n) is 0.0945. The summed E-state index contributed by atoms with van der Waals surface area (Å²) in [6.07, 6.45) is 0. The molecule has 0 aromatic rings. The topological polar surface area (TPSA) is 0 Å². The van der Waals surface area contributed by atoms with Gasteiger partial charge in [-0.2, -0.15) is 0 Å². The third kappa shape index (κ3) is 2.04. The van der Waals surface area contributed by atoms with Gasteiger partial charge in [0.15, 0.2) is 0 Å². The van der Waals surface area contributed by atoms with Crippen molar-refractivity contribution in [3.8, 4) is 0 Å². The molecule has 0 bridgehead atoms. The summed E-state index contributed by atoms with van der Waals surface area (Å²) >= 11 is 0.507. The fraction of sp³-hybridized carbons (Fsp3) is 0. The summed E-state index contributed by atoms with van der Waals surface area (Å²) in [7, 11) is 0. The Bertz CT molecular complexity index is 53.4. The van der Waals surface area contributed by atoms with E-state index in [0.29, 0.717) is 14.1 Å². The van der Waals surface area contributed by atoms with E-state index in [2.05, 4.69) is 16.6 Å². The second-order valence-corrected chi connectivity index (χ2v) is 1.10. The summed E-state index contributed by atoms with van der Waals surface area (Å²) in [5.74, 6) is 0. The molecule has 0 heterocycles. The molecule has 0 amide bonds. The molecule has 0 nitrogen and oxygen atoms in total. The van der Waals surface area contributed by atoms with Gasteiger partial charge < -0.3 is 0 Å². The molecule has 0 N–H and O–H groups in total. The van der Waals surface area contributed by atoms with E-state index in [0.717, 1.165) is 0 Å². The Hall–Kier alpha value is 0.0395. The number of rotatable bonds is 0. The second kappa shape index (κ2) is 3.04. The van der Waals surface area contributed by atoms with E-state index in [-0.39, 0.29) is 0 Å². The van der Waals surface area contributed by atoms with Crippen LogP contribution in [-0.2, 0) is 14.1 Å². The standard InChI is InChI=1S/C2H2.CH2.Mn/c1-2;;/h1H2;1H2;. The van der Waals surface area contributed by atoms with E-state index >= 15 is 0 Å². The average Bonchev–Trinajstić information content (AvgIpc) is 1.37. The van der Waals surface area contributed by atoms with Crippen molar-refractivity contribution in [2.45, 2.75) is 0 Å². The quantitative estimate of drug-likeness (QED) is 0.374. The molecule has 0 fully saturated rings. The summed E-state index contributed by atoms with van der Waals surface area (Å²) < 4.78 is 2.60. The first-order valence-corrected chi connectivity index (χ1v) is 2.23. The van der Waals surface area contributed by atoms with Gasteiger partial charge in [-0.3, -0.25) is 0 Å². The van der Waals surface area contributed by atoms with Gasteiger partial charge in [-0.25, -0.2) is 0 Å². The van der Waals surface area contributed by atoms with Crippen molar-refractivity contribution in [2.75, 3.05) is 0 Å². The Balaban J connectivity index is 3.95. The van der Waals surface area contributed by atoms with Crippen LogP contribution in [0.4, 0.5) is 0 Å². The van der Waals surface area contributed by atoms with Gasteiger partial charge in [0, 0.05) is 0 Å². The normalized spacial score (nSPS) is 4.00. The van der Waals surface area contributed by atoms with Gasteiger partial charge in [-0.15, -0.1) is 0 Å². The van der Waals surface area contributed by atoms with Crippen LogP contribution in [0.5, 0.6) is 0 Å². The SMILES string of the molecule is C=[C]=[Mn]=[CH2]. The zero-order valence-corrected chi connectivity index (χ0v) is 3.47. The summed E-state index contributed by atoms with van der Waals surface area (Å²) in [6, 6.07) is 0. The molecule has 0 saturated heterocycles. The first-order chi connectivity index (χ1) is 1.91. The van der Waals surface area contributed by atoms with Crippen LogP contribution in [0.2, 0.25) is 0 Å². The van der Waals surface area contributed by atoms with Crippen LogP contribution < -0.4 is 0 Å². The van der Waals surface area contributed by atoms with E-state index in [1.165, 1.54) is 0 Å². The summed E-state index contributed by atoms with van der Waals surface area (Å²) in [6.45, 7) is 3.31. The van der Waals surface area contributed by atoms with Gasteiger partial charge in [0.25, 0.3) is 0 Å². The van der Waals surface area contributed by atoms with Gasteiger partial charge in [-0.1, -0.05) is 0 Å². The van der Waals surface area contributed by atoms with E-state index in [1.54, 1.807) is 0 Å². The van der Waals surface area contributed by atoms with Crippen molar-refractivity contribution in [1.29, 1.82) is 0 Å². The summed E-state index contributed by atoms with van der Waals surface area (Å²) in [5, 5.41) is 0. The molecule has 0 aliphatic rings. The minimum atomic E-state index is 0.507. The Morgan fingerprint density at radius 2 is 2.00 bits per heavy atom. The molecule has 0 rings (SSSR count). The van der Waals surface area contributed by atoms with Crippen LogP contribution in [-0.4, -0.2) is 10.00 Å². The van der Waals surface area contributed by atoms with E-state index < -0.39 is 0 Å². The molecule has 0 aromatic heterocycles. The van der Waals surface area contributed by atoms with Crippen molar-refractivity contribution in [2.24, 2.45) is 0 Å². The minimum absolute atomic E-state index is 0.507. The van der Waals surface area contributed by atoms with E-state index in [9.17, 15) is 0 Å². The predicted molar refractivity (Wildman–Crippen MR) is 17.8 cm³/mol. The van der Waals surface area contributed by atoms with Crippen LogP contribution in [0.15, 0.2) is 6.58 Å². The molecule has 0 spiro atoms. The Kier molecular flexibility index (Phi) is 3.07. The van der Waals surface area contributed by atoms with Gasteiger partial charge in [0.1, 0.15) is 0 Å². The Labute approximate surface area is 31.4 Å². The first kappa shape index (κ1) is 4.04. The molecule has 4 heavy (non-hydrogen) atoms. The number of hydrogen-bond acceptors (Lipinski definition) is 0. The maximum atomic E-state index is 3.46. The molecule has 0 aliphatic carbocycles. The molecule has 0 aromatic carbocycles. The molecule has 1 heteroatoms. The fourth-order valence-electron chi connectivity index (χ4n) is 0. The van der Waals surface area contributed by atoms with Crippen molar-refractivity contribution in [3.05, 3.63) is 6.58 Å². The van der Waals surface area contributed by atoms with Crippen molar-refractivity contribution in [3.63, 3.8) is 0 Å². The first-order valence-electron chi connectivity index (χ1n) is 0.810. The zero-order chi connectivity index (χ0) is 3.41. The van der Waals surface area contributed by atoms with E-state index in [1.807, 2.05) is 0 Å². The predicted octanol–water partition coefficient (Wildman–Crippen LogP) is 0.0880. The molecule has 0 radical (unpaired) electrons. The molecule has 0 aliphatic heterocycles. The molecule has 0 unspecified atom stereocenters. The van der Waals surface area contributed by atoms with Crippen LogP contribution in [0, 0.1) is 0 Å². The van der Waals surface area contributed by atoms with Gasteiger partial charge in [0.05, 0.1) is 0 Å². The maximum absolute atomic E-state index is 3.46.